The quantitative estimate of drug-likeness (QED) is 0.204. The number of halogens is 1. The Hall–Kier alpha value is -5.82. The van der Waals surface area contributed by atoms with Crippen molar-refractivity contribution in [2.24, 2.45) is 0 Å². The summed E-state index contributed by atoms with van der Waals surface area (Å²) in [5, 5.41) is 10.3. The molecule has 1 aromatic heterocycles. The number of anilines is 1. The monoisotopic (exact) mass is 674 g/mol. The average Bonchev–Trinajstić information content (AvgIpc) is 3.18. The normalized spacial score (nSPS) is 15.3. The lowest BCUT2D eigenvalue weighted by atomic mass is 9.78. The number of hydrogen-bond donors (Lipinski definition) is 1. The van der Waals surface area contributed by atoms with Gasteiger partial charge >= 0.3 is 0 Å². The summed E-state index contributed by atoms with van der Waals surface area (Å²) in [6.45, 7) is 2.42. The van der Waals surface area contributed by atoms with Crippen LogP contribution in [0.15, 0.2) is 132 Å². The number of allylic oxidation sites excluding steroid dienone is 4. The molecule has 2 heterocycles. The third kappa shape index (κ3) is 6.59. The molecule has 51 heavy (non-hydrogen) atoms. The van der Waals surface area contributed by atoms with Crippen LogP contribution in [-0.2, 0) is 12.8 Å². The van der Waals surface area contributed by atoms with Crippen LogP contribution in [0.2, 0.25) is 0 Å². The number of aryl methyl sites for hydroxylation is 1. The predicted molar refractivity (Wildman–Crippen MR) is 204 cm³/mol. The number of aromatic amines is 1. The van der Waals surface area contributed by atoms with Gasteiger partial charge in [-0.05, 0) is 101 Å². The number of amides is 1. The molecule has 0 unspecified atom stereocenters. The molecule has 1 saturated heterocycles. The van der Waals surface area contributed by atoms with Crippen molar-refractivity contribution in [3.05, 3.63) is 171 Å². The number of fused-ring (bicyclic) bond motifs is 5. The SMILES string of the molecule is O=C(c1cccc(Cc2cccc3ccc4c(c23)CCC2=C4C=CCC2)c1)N1CCN(c2ccccc2F)CC1.O=c1[nH]ncc2ccccc12. The first-order valence-corrected chi connectivity index (χ1v) is 17.8. The lowest BCUT2D eigenvalue weighted by Gasteiger charge is -2.36. The van der Waals surface area contributed by atoms with Gasteiger partial charge in [-0.25, -0.2) is 9.49 Å². The minimum atomic E-state index is -0.211. The molecular weight excluding hydrogens is 636 g/mol. The molecule has 0 spiro atoms. The molecule has 7 heteroatoms. The minimum absolute atomic E-state index is 0.0499. The number of benzene rings is 5. The molecule has 9 rings (SSSR count). The number of aromatic nitrogens is 2. The van der Waals surface area contributed by atoms with E-state index in [0.717, 1.165) is 42.2 Å². The standard InChI is InChI=1S/C36H33FN2O.C8H6N2O/c37-33-13-3-4-14-34(33)38-19-21-39(22-20-38)36(40)29-11-5-7-25(24-29)23-28-10-6-9-27-16-17-31-30-12-2-1-8-26(30)15-18-32(31)35(27)28;11-8-7-4-2-1-3-6(7)5-9-10-8/h2-7,9-14,16-17,24H,1,8,15,18-23H2;1-5H,(H,10,11). The summed E-state index contributed by atoms with van der Waals surface area (Å²) in [5.74, 6) is -0.161. The van der Waals surface area contributed by atoms with Crippen molar-refractivity contribution in [1.29, 1.82) is 0 Å². The number of nitrogens with one attached hydrogen (secondary N) is 1. The van der Waals surface area contributed by atoms with Crippen molar-refractivity contribution in [2.45, 2.75) is 32.1 Å². The first kappa shape index (κ1) is 32.4. The number of H-pyrrole nitrogens is 1. The zero-order chi connectivity index (χ0) is 34.7. The first-order valence-electron chi connectivity index (χ1n) is 17.8. The lowest BCUT2D eigenvalue weighted by Crippen LogP contribution is -2.49. The second-order valence-corrected chi connectivity index (χ2v) is 13.5. The maximum atomic E-state index is 14.3. The van der Waals surface area contributed by atoms with Crippen LogP contribution in [0, 0.1) is 5.82 Å². The first-order chi connectivity index (χ1) is 25.0. The molecule has 5 aromatic carbocycles. The average molecular weight is 675 g/mol. The Balaban J connectivity index is 0.000000289. The number of rotatable bonds is 4. The fraction of sp³-hybridized carbons (Fsp3) is 0.205. The van der Waals surface area contributed by atoms with Gasteiger partial charge < -0.3 is 9.80 Å². The Kier molecular flexibility index (Phi) is 9.01. The highest BCUT2D eigenvalue weighted by Gasteiger charge is 2.25. The lowest BCUT2D eigenvalue weighted by molar-refractivity contribution is 0.0746. The van der Waals surface area contributed by atoms with Crippen molar-refractivity contribution in [3.8, 4) is 0 Å². The maximum absolute atomic E-state index is 14.3. The van der Waals surface area contributed by atoms with E-state index >= 15 is 0 Å². The molecule has 254 valence electrons. The van der Waals surface area contributed by atoms with Gasteiger partial charge in [0.05, 0.1) is 11.9 Å². The predicted octanol–water partition coefficient (Wildman–Crippen LogP) is 8.51. The fourth-order valence-corrected chi connectivity index (χ4v) is 7.83. The molecule has 6 aromatic rings. The van der Waals surface area contributed by atoms with Gasteiger partial charge in [0, 0.05) is 42.5 Å². The van der Waals surface area contributed by atoms with Crippen LogP contribution in [0.1, 0.15) is 51.9 Å². The van der Waals surface area contributed by atoms with Crippen LogP contribution in [0.5, 0.6) is 0 Å². The van der Waals surface area contributed by atoms with Crippen LogP contribution < -0.4 is 10.5 Å². The maximum Gasteiger partial charge on any atom is 0.272 e. The molecule has 1 amide bonds. The summed E-state index contributed by atoms with van der Waals surface area (Å²) in [7, 11) is 0. The number of para-hydroxylation sites is 1. The van der Waals surface area contributed by atoms with Crippen molar-refractivity contribution in [1.82, 2.24) is 15.1 Å². The van der Waals surface area contributed by atoms with Crippen LogP contribution in [0.3, 0.4) is 0 Å². The Morgan fingerprint density at radius 1 is 0.804 bits per heavy atom. The van der Waals surface area contributed by atoms with Crippen molar-refractivity contribution in [2.75, 3.05) is 31.1 Å². The summed E-state index contributed by atoms with van der Waals surface area (Å²) in [6, 6.07) is 33.5. The van der Waals surface area contributed by atoms with Gasteiger partial charge in [0.1, 0.15) is 5.82 Å². The number of carbonyl (C=O) groups is 1. The van der Waals surface area contributed by atoms with E-state index in [1.54, 1.807) is 23.9 Å². The summed E-state index contributed by atoms with van der Waals surface area (Å²) in [5.41, 5.74) is 9.58. The zero-order valence-corrected chi connectivity index (χ0v) is 28.4. The van der Waals surface area contributed by atoms with Gasteiger partial charge in [-0.3, -0.25) is 9.59 Å². The van der Waals surface area contributed by atoms with Crippen LogP contribution in [0.25, 0.3) is 27.1 Å². The molecule has 0 atom stereocenters. The van der Waals surface area contributed by atoms with E-state index in [0.29, 0.717) is 37.3 Å². The zero-order valence-electron chi connectivity index (χ0n) is 28.4. The smallest absolute Gasteiger partial charge is 0.272 e. The summed E-state index contributed by atoms with van der Waals surface area (Å²) < 4.78 is 14.3. The second kappa shape index (κ2) is 14.2. The van der Waals surface area contributed by atoms with E-state index in [1.165, 1.54) is 45.5 Å². The van der Waals surface area contributed by atoms with Crippen LogP contribution in [0.4, 0.5) is 10.1 Å². The minimum Gasteiger partial charge on any atom is -0.366 e. The molecule has 0 saturated carbocycles. The van der Waals surface area contributed by atoms with Crippen LogP contribution >= 0.6 is 0 Å². The van der Waals surface area contributed by atoms with E-state index in [2.05, 4.69) is 64.8 Å². The van der Waals surface area contributed by atoms with E-state index in [1.807, 2.05) is 52.3 Å². The number of carbonyl (C=O) groups excluding carboxylic acids is 1. The Morgan fingerprint density at radius 2 is 1.61 bits per heavy atom. The molecular formula is C44H39FN4O2. The largest absolute Gasteiger partial charge is 0.366 e. The Labute approximate surface area is 296 Å². The molecule has 1 aliphatic heterocycles. The van der Waals surface area contributed by atoms with Gasteiger partial charge in [0.2, 0.25) is 0 Å². The third-order valence-electron chi connectivity index (χ3n) is 10.4. The molecule has 1 N–H and O–H groups in total. The third-order valence-corrected chi connectivity index (χ3v) is 10.4. The van der Waals surface area contributed by atoms with Gasteiger partial charge in [0.15, 0.2) is 0 Å². The van der Waals surface area contributed by atoms with Gasteiger partial charge in [0.25, 0.3) is 11.5 Å². The van der Waals surface area contributed by atoms with E-state index in [4.69, 9.17) is 0 Å². The fourth-order valence-electron chi connectivity index (χ4n) is 7.83. The number of piperazine rings is 1. The van der Waals surface area contributed by atoms with Crippen molar-refractivity contribution in [3.63, 3.8) is 0 Å². The van der Waals surface area contributed by atoms with Gasteiger partial charge in [-0.1, -0.05) is 90.5 Å². The molecule has 3 aliphatic rings. The second-order valence-electron chi connectivity index (χ2n) is 13.5. The topological polar surface area (TPSA) is 69.3 Å². The molecule has 2 aliphatic carbocycles. The summed E-state index contributed by atoms with van der Waals surface area (Å²) >= 11 is 0. The van der Waals surface area contributed by atoms with Crippen LogP contribution in [-0.4, -0.2) is 47.2 Å². The Morgan fingerprint density at radius 3 is 2.47 bits per heavy atom. The summed E-state index contributed by atoms with van der Waals surface area (Å²) in [4.78, 5) is 28.5. The molecule has 0 radical (unpaired) electrons. The molecule has 0 bridgehead atoms. The highest BCUT2D eigenvalue weighted by atomic mass is 19.1. The van der Waals surface area contributed by atoms with Crippen molar-refractivity contribution < 1.29 is 9.18 Å². The highest BCUT2D eigenvalue weighted by Crippen LogP contribution is 2.41. The molecule has 1 fully saturated rings. The summed E-state index contributed by atoms with van der Waals surface area (Å²) in [6.07, 6.45) is 11.6. The van der Waals surface area contributed by atoms with Gasteiger partial charge in [-0.2, -0.15) is 5.10 Å². The van der Waals surface area contributed by atoms with E-state index < -0.39 is 0 Å². The number of nitrogens with zero attached hydrogens (tertiary/aromatic N) is 3. The van der Waals surface area contributed by atoms with E-state index in [9.17, 15) is 14.0 Å². The highest BCUT2D eigenvalue weighted by molar-refractivity contribution is 5.97. The number of hydrogen-bond acceptors (Lipinski definition) is 4. The van der Waals surface area contributed by atoms with E-state index in [-0.39, 0.29) is 17.3 Å². The molecule has 6 nitrogen and oxygen atoms in total. The van der Waals surface area contributed by atoms with Gasteiger partial charge in [-0.15, -0.1) is 0 Å². The van der Waals surface area contributed by atoms with Crippen molar-refractivity contribution >= 4 is 38.7 Å². The Bertz CT molecular complexity index is 2380.